The molecule has 0 atom stereocenters. The molecule has 0 aliphatic carbocycles. The second kappa shape index (κ2) is 6.17. The monoisotopic (exact) mass is 158 g/mol. The predicted octanol–water partition coefficient (Wildman–Crippen LogP) is 3.58. The Bertz CT molecular complexity index is 249. The van der Waals surface area contributed by atoms with Crippen LogP contribution in [0.15, 0.2) is 73.9 Å². The Kier molecular flexibility index (Phi) is 5.37. The Morgan fingerprint density at radius 1 is 0.917 bits per heavy atom. The summed E-state index contributed by atoms with van der Waals surface area (Å²) in [6.45, 7) is 14.7. The van der Waals surface area contributed by atoms with Crippen LogP contribution in [0.25, 0.3) is 0 Å². The van der Waals surface area contributed by atoms with Gasteiger partial charge in [0.2, 0.25) is 0 Å². The van der Waals surface area contributed by atoms with Crippen LogP contribution in [-0.4, -0.2) is 0 Å². The van der Waals surface area contributed by atoms with Crippen molar-refractivity contribution in [3.63, 3.8) is 0 Å². The molecule has 0 fully saturated rings. The number of allylic oxidation sites excluding steroid dienone is 8. The van der Waals surface area contributed by atoms with E-state index < -0.39 is 0 Å². The third kappa shape index (κ3) is 3.57. The zero-order chi connectivity index (χ0) is 9.40. The molecular formula is C12H14. The van der Waals surface area contributed by atoms with Gasteiger partial charge in [0.1, 0.15) is 0 Å². The molecule has 0 rings (SSSR count). The van der Waals surface area contributed by atoms with Crippen LogP contribution < -0.4 is 0 Å². The van der Waals surface area contributed by atoms with Crippen LogP contribution in [0.3, 0.4) is 0 Å². The summed E-state index contributed by atoms with van der Waals surface area (Å²) >= 11 is 0. The molecular weight excluding hydrogens is 144 g/mol. The summed E-state index contributed by atoms with van der Waals surface area (Å²) in [6.07, 6.45) is 10.8. The van der Waals surface area contributed by atoms with E-state index in [1.54, 1.807) is 18.2 Å². The third-order valence-corrected chi connectivity index (χ3v) is 1.36. The molecule has 0 aromatic carbocycles. The van der Waals surface area contributed by atoms with E-state index >= 15 is 0 Å². The standard InChI is InChI=1S/C12H14/c1-5-8-9-10-12(7-3)11(4)6-2/h5-10H,1-4H2/b9-8-,12-10-. The van der Waals surface area contributed by atoms with Gasteiger partial charge in [-0.25, -0.2) is 0 Å². The van der Waals surface area contributed by atoms with Crippen LogP contribution in [0.2, 0.25) is 0 Å². The molecule has 0 heteroatoms. The minimum absolute atomic E-state index is 0.874. The summed E-state index contributed by atoms with van der Waals surface area (Å²) in [7, 11) is 0. The van der Waals surface area contributed by atoms with Crippen molar-refractivity contribution in [3.8, 4) is 0 Å². The smallest absolute Gasteiger partial charge is 0.0196 e. The minimum atomic E-state index is 0.874. The molecule has 0 N–H and O–H groups in total. The van der Waals surface area contributed by atoms with Crippen LogP contribution in [0.5, 0.6) is 0 Å². The first-order chi connectivity index (χ1) is 5.76. The van der Waals surface area contributed by atoms with Crippen molar-refractivity contribution in [2.45, 2.75) is 0 Å². The first kappa shape index (κ1) is 10.4. The molecule has 0 bridgehead atoms. The number of hydrogen-bond donors (Lipinski definition) is 0. The van der Waals surface area contributed by atoms with E-state index in [0.29, 0.717) is 0 Å². The molecule has 0 spiro atoms. The van der Waals surface area contributed by atoms with Crippen LogP contribution in [-0.2, 0) is 0 Å². The highest BCUT2D eigenvalue weighted by atomic mass is 13.9. The second-order valence-electron chi connectivity index (χ2n) is 2.18. The van der Waals surface area contributed by atoms with Crippen LogP contribution in [0.4, 0.5) is 0 Å². The van der Waals surface area contributed by atoms with E-state index in [1.165, 1.54) is 0 Å². The van der Waals surface area contributed by atoms with E-state index in [0.717, 1.165) is 11.1 Å². The molecule has 0 saturated carbocycles. The molecule has 0 aliphatic rings. The Morgan fingerprint density at radius 2 is 1.58 bits per heavy atom. The highest BCUT2D eigenvalue weighted by molar-refractivity contribution is 5.44. The summed E-state index contributed by atoms with van der Waals surface area (Å²) in [5.41, 5.74) is 1.85. The SMILES string of the molecule is C=C/C=C\C=C(\C=C)C(=C)C=C. The second-order valence-corrected chi connectivity index (χ2v) is 2.18. The molecule has 0 heterocycles. The van der Waals surface area contributed by atoms with Crippen LogP contribution >= 0.6 is 0 Å². The van der Waals surface area contributed by atoms with Gasteiger partial charge in [0.15, 0.2) is 0 Å². The highest BCUT2D eigenvalue weighted by Gasteiger charge is 1.89. The molecule has 12 heavy (non-hydrogen) atoms. The fraction of sp³-hybridized carbons (Fsp3) is 0. The maximum absolute atomic E-state index is 3.81. The lowest BCUT2D eigenvalue weighted by atomic mass is 10.1. The van der Waals surface area contributed by atoms with Crippen molar-refractivity contribution in [3.05, 3.63) is 73.9 Å². The molecule has 0 aromatic heterocycles. The quantitative estimate of drug-likeness (QED) is 0.536. The van der Waals surface area contributed by atoms with Gasteiger partial charge in [0, 0.05) is 0 Å². The molecule has 62 valence electrons. The fourth-order valence-electron chi connectivity index (χ4n) is 0.662. The largest absolute Gasteiger partial charge is 0.0991 e. The minimum Gasteiger partial charge on any atom is -0.0991 e. The molecule has 0 nitrogen and oxygen atoms in total. The van der Waals surface area contributed by atoms with Gasteiger partial charge in [-0.1, -0.05) is 62.8 Å². The van der Waals surface area contributed by atoms with Crippen molar-refractivity contribution >= 4 is 0 Å². The normalized spacial score (nSPS) is 11.2. The van der Waals surface area contributed by atoms with Gasteiger partial charge >= 0.3 is 0 Å². The van der Waals surface area contributed by atoms with Gasteiger partial charge in [-0.3, -0.25) is 0 Å². The summed E-state index contributed by atoms with van der Waals surface area (Å²) in [6, 6.07) is 0. The zero-order valence-corrected chi connectivity index (χ0v) is 7.29. The summed E-state index contributed by atoms with van der Waals surface area (Å²) in [5.74, 6) is 0. The Morgan fingerprint density at radius 3 is 2.00 bits per heavy atom. The Labute approximate surface area is 74.6 Å². The van der Waals surface area contributed by atoms with Crippen LogP contribution in [0.1, 0.15) is 0 Å². The van der Waals surface area contributed by atoms with Crippen molar-refractivity contribution in [2.24, 2.45) is 0 Å². The molecule has 0 aliphatic heterocycles. The number of hydrogen-bond acceptors (Lipinski definition) is 0. The average molecular weight is 158 g/mol. The van der Waals surface area contributed by atoms with Gasteiger partial charge in [-0.2, -0.15) is 0 Å². The van der Waals surface area contributed by atoms with Gasteiger partial charge < -0.3 is 0 Å². The van der Waals surface area contributed by atoms with E-state index in [-0.39, 0.29) is 0 Å². The summed E-state index contributed by atoms with van der Waals surface area (Å²) in [5, 5.41) is 0. The fourth-order valence-corrected chi connectivity index (χ4v) is 0.662. The van der Waals surface area contributed by atoms with E-state index in [9.17, 15) is 0 Å². The average Bonchev–Trinajstić information content (AvgIpc) is 2.11. The van der Waals surface area contributed by atoms with Crippen LogP contribution in [0, 0.1) is 0 Å². The molecule has 0 unspecified atom stereocenters. The first-order valence-electron chi connectivity index (χ1n) is 3.69. The summed E-state index contributed by atoms with van der Waals surface area (Å²) in [4.78, 5) is 0. The molecule has 0 amide bonds. The highest BCUT2D eigenvalue weighted by Crippen LogP contribution is 2.09. The maximum Gasteiger partial charge on any atom is -0.0196 e. The van der Waals surface area contributed by atoms with Gasteiger partial charge in [0.05, 0.1) is 0 Å². The molecule has 0 saturated heterocycles. The lowest BCUT2D eigenvalue weighted by Crippen LogP contribution is -1.77. The van der Waals surface area contributed by atoms with Gasteiger partial charge in [-0.15, -0.1) is 0 Å². The summed E-state index contributed by atoms with van der Waals surface area (Å²) < 4.78 is 0. The van der Waals surface area contributed by atoms with Crippen molar-refractivity contribution in [2.75, 3.05) is 0 Å². The lowest BCUT2D eigenvalue weighted by Gasteiger charge is -1.97. The van der Waals surface area contributed by atoms with Crippen molar-refractivity contribution < 1.29 is 0 Å². The molecule has 0 aromatic rings. The first-order valence-corrected chi connectivity index (χ1v) is 3.69. The van der Waals surface area contributed by atoms with Gasteiger partial charge in [0.25, 0.3) is 0 Å². The van der Waals surface area contributed by atoms with Crippen molar-refractivity contribution in [1.29, 1.82) is 0 Å². The molecule has 0 radical (unpaired) electrons. The number of rotatable bonds is 5. The van der Waals surface area contributed by atoms with E-state index in [4.69, 9.17) is 0 Å². The third-order valence-electron chi connectivity index (χ3n) is 1.36. The zero-order valence-electron chi connectivity index (χ0n) is 7.29. The van der Waals surface area contributed by atoms with E-state index in [1.807, 2.05) is 18.2 Å². The topological polar surface area (TPSA) is 0 Å². The van der Waals surface area contributed by atoms with Crippen molar-refractivity contribution in [1.82, 2.24) is 0 Å². The Hall–Kier alpha value is -1.56. The maximum atomic E-state index is 3.81. The van der Waals surface area contributed by atoms with E-state index in [2.05, 4.69) is 26.3 Å². The van der Waals surface area contributed by atoms with Gasteiger partial charge in [-0.05, 0) is 11.1 Å². The predicted molar refractivity (Wildman–Crippen MR) is 57.0 cm³/mol. The lowest BCUT2D eigenvalue weighted by molar-refractivity contribution is 1.59. The Balaban J connectivity index is 4.53.